The average Bonchev–Trinajstić information content (AvgIpc) is 2.72. The second kappa shape index (κ2) is 15.4. The van der Waals surface area contributed by atoms with Crippen molar-refractivity contribution in [2.24, 2.45) is 5.10 Å². The number of hydrazone groups is 1. The molecule has 29 heavy (non-hydrogen) atoms. The normalized spacial score (nSPS) is 10.8. The first-order valence-electron chi connectivity index (χ1n) is 10.5. The van der Waals surface area contributed by atoms with Crippen LogP contribution in [0.25, 0.3) is 0 Å². The van der Waals surface area contributed by atoms with Crippen molar-refractivity contribution in [2.45, 2.75) is 71.1 Å². The number of hydrogen-bond donors (Lipinski definition) is 3. The number of phenolic OH excluding ortho intramolecular Hbond substituents is 1. The number of amides is 2. The van der Waals surface area contributed by atoms with Crippen LogP contribution in [-0.2, 0) is 9.59 Å². The Kier molecular flexibility index (Phi) is 13.0. The number of unbranched alkanes of at least 4 members (excludes halogenated alkanes) is 8. The SMILES string of the molecule is CCCCCCCCCCCC(=O)NCC(=O)N/N=C\c1cccc(OC)c1O. The third-order valence-electron chi connectivity index (χ3n) is 4.60. The van der Waals surface area contributed by atoms with E-state index in [-0.39, 0.29) is 18.2 Å². The van der Waals surface area contributed by atoms with Gasteiger partial charge in [-0.25, -0.2) is 5.43 Å². The topological polar surface area (TPSA) is 100 Å². The summed E-state index contributed by atoms with van der Waals surface area (Å²) in [6.45, 7) is 2.09. The van der Waals surface area contributed by atoms with Gasteiger partial charge in [0.05, 0.1) is 19.9 Å². The molecule has 7 heteroatoms. The van der Waals surface area contributed by atoms with Gasteiger partial charge in [-0.15, -0.1) is 0 Å². The second-order valence-electron chi connectivity index (χ2n) is 7.05. The van der Waals surface area contributed by atoms with Crippen LogP contribution >= 0.6 is 0 Å². The van der Waals surface area contributed by atoms with E-state index in [9.17, 15) is 14.7 Å². The monoisotopic (exact) mass is 405 g/mol. The van der Waals surface area contributed by atoms with Crippen LogP contribution in [0.2, 0.25) is 0 Å². The molecule has 1 rings (SSSR count). The molecule has 0 spiro atoms. The van der Waals surface area contributed by atoms with E-state index in [0.29, 0.717) is 17.7 Å². The highest BCUT2D eigenvalue weighted by Gasteiger charge is 2.06. The molecule has 0 radical (unpaired) electrons. The van der Waals surface area contributed by atoms with E-state index in [0.717, 1.165) is 19.3 Å². The van der Waals surface area contributed by atoms with E-state index in [1.807, 2.05) is 0 Å². The standard InChI is InChI=1S/C22H35N3O4/c1-3-4-5-6-7-8-9-10-11-15-20(26)23-17-21(27)25-24-16-18-13-12-14-19(29-2)22(18)28/h12-14,16,28H,3-11,15,17H2,1-2H3,(H,23,26)(H,25,27)/b24-16-. The summed E-state index contributed by atoms with van der Waals surface area (Å²) in [5, 5.41) is 16.3. The molecule has 3 N–H and O–H groups in total. The molecule has 1 aromatic carbocycles. The van der Waals surface area contributed by atoms with E-state index in [1.54, 1.807) is 18.2 Å². The summed E-state index contributed by atoms with van der Waals surface area (Å²) in [6, 6.07) is 4.96. The fraction of sp³-hybridized carbons (Fsp3) is 0.591. The van der Waals surface area contributed by atoms with E-state index in [2.05, 4.69) is 22.8 Å². The van der Waals surface area contributed by atoms with Gasteiger partial charge in [-0.1, -0.05) is 64.4 Å². The largest absolute Gasteiger partial charge is 0.504 e. The number of para-hydroxylation sites is 1. The molecule has 0 atom stereocenters. The Morgan fingerprint density at radius 2 is 1.69 bits per heavy atom. The maximum Gasteiger partial charge on any atom is 0.259 e. The van der Waals surface area contributed by atoms with Gasteiger partial charge in [-0.05, 0) is 18.6 Å². The van der Waals surface area contributed by atoms with Gasteiger partial charge in [0.2, 0.25) is 5.91 Å². The number of carbonyl (C=O) groups excluding carboxylic acids is 2. The lowest BCUT2D eigenvalue weighted by atomic mass is 10.1. The van der Waals surface area contributed by atoms with Crippen LogP contribution in [0.5, 0.6) is 11.5 Å². The number of aromatic hydroxyl groups is 1. The van der Waals surface area contributed by atoms with Crippen molar-refractivity contribution in [3.8, 4) is 11.5 Å². The maximum absolute atomic E-state index is 11.8. The number of carbonyl (C=O) groups is 2. The van der Waals surface area contributed by atoms with Gasteiger partial charge >= 0.3 is 0 Å². The first-order valence-corrected chi connectivity index (χ1v) is 10.5. The minimum Gasteiger partial charge on any atom is -0.504 e. The van der Waals surface area contributed by atoms with Crippen molar-refractivity contribution >= 4 is 18.0 Å². The van der Waals surface area contributed by atoms with E-state index >= 15 is 0 Å². The summed E-state index contributed by atoms with van der Waals surface area (Å²) in [5.41, 5.74) is 2.74. The van der Waals surface area contributed by atoms with Crippen LogP contribution in [0.1, 0.15) is 76.7 Å². The minimum absolute atomic E-state index is 0.0535. The van der Waals surface area contributed by atoms with E-state index in [4.69, 9.17) is 4.74 Å². The number of hydrogen-bond acceptors (Lipinski definition) is 5. The third kappa shape index (κ3) is 11.1. The number of ether oxygens (including phenoxy) is 1. The summed E-state index contributed by atoms with van der Waals surface area (Å²) < 4.78 is 5.00. The van der Waals surface area contributed by atoms with E-state index in [1.165, 1.54) is 51.8 Å². The predicted molar refractivity (Wildman–Crippen MR) is 115 cm³/mol. The van der Waals surface area contributed by atoms with Crippen molar-refractivity contribution in [2.75, 3.05) is 13.7 Å². The molecule has 0 aromatic heterocycles. The summed E-state index contributed by atoms with van der Waals surface area (Å²) >= 11 is 0. The molecular weight excluding hydrogens is 370 g/mol. The van der Waals surface area contributed by atoms with Gasteiger partial charge in [-0.2, -0.15) is 5.10 Å². The molecular formula is C22H35N3O4. The molecule has 0 fully saturated rings. The van der Waals surface area contributed by atoms with Crippen molar-refractivity contribution < 1.29 is 19.4 Å². The third-order valence-corrected chi connectivity index (χ3v) is 4.60. The smallest absolute Gasteiger partial charge is 0.259 e. The van der Waals surface area contributed by atoms with Gasteiger partial charge in [0, 0.05) is 12.0 Å². The number of phenols is 1. The number of rotatable bonds is 15. The second-order valence-corrected chi connectivity index (χ2v) is 7.05. The summed E-state index contributed by atoms with van der Waals surface area (Å²) in [7, 11) is 1.45. The zero-order valence-electron chi connectivity index (χ0n) is 17.7. The predicted octanol–water partition coefficient (Wildman–Crippen LogP) is 3.89. The fourth-order valence-electron chi connectivity index (χ4n) is 2.89. The van der Waals surface area contributed by atoms with Crippen molar-refractivity contribution in [3.63, 3.8) is 0 Å². The highest BCUT2D eigenvalue weighted by Crippen LogP contribution is 2.27. The van der Waals surface area contributed by atoms with Gasteiger partial charge < -0.3 is 15.2 Å². The molecule has 0 aliphatic carbocycles. The Morgan fingerprint density at radius 1 is 1.03 bits per heavy atom. The van der Waals surface area contributed by atoms with Crippen molar-refractivity contribution in [1.82, 2.24) is 10.7 Å². The number of methoxy groups -OCH3 is 1. The summed E-state index contributed by atoms with van der Waals surface area (Å²) in [6.07, 6.45) is 12.5. The van der Waals surface area contributed by atoms with Crippen LogP contribution in [0.4, 0.5) is 0 Å². The lowest BCUT2D eigenvalue weighted by molar-refractivity contribution is -0.126. The minimum atomic E-state index is -0.427. The maximum atomic E-state index is 11.8. The molecule has 2 amide bonds. The highest BCUT2D eigenvalue weighted by molar-refractivity contribution is 5.88. The van der Waals surface area contributed by atoms with Gasteiger partial charge in [0.25, 0.3) is 5.91 Å². The molecule has 0 heterocycles. The molecule has 7 nitrogen and oxygen atoms in total. The molecule has 0 unspecified atom stereocenters. The zero-order chi connectivity index (χ0) is 21.3. The number of nitrogens with one attached hydrogen (secondary N) is 2. The van der Waals surface area contributed by atoms with Crippen LogP contribution in [0.15, 0.2) is 23.3 Å². The summed E-state index contributed by atoms with van der Waals surface area (Å²) in [5.74, 6) is -0.284. The lowest BCUT2D eigenvalue weighted by Crippen LogP contribution is -2.34. The molecule has 0 saturated carbocycles. The highest BCUT2D eigenvalue weighted by atomic mass is 16.5. The van der Waals surface area contributed by atoms with Crippen LogP contribution < -0.4 is 15.5 Å². The Labute approximate surface area is 173 Å². The lowest BCUT2D eigenvalue weighted by Gasteiger charge is -2.06. The molecule has 1 aromatic rings. The fourth-order valence-corrected chi connectivity index (χ4v) is 2.89. The molecule has 162 valence electrons. The van der Waals surface area contributed by atoms with Crippen LogP contribution in [0.3, 0.4) is 0 Å². The Bertz CT molecular complexity index is 647. The first kappa shape index (κ1) is 24.5. The number of nitrogens with zero attached hydrogens (tertiary/aromatic N) is 1. The molecule has 0 bridgehead atoms. The van der Waals surface area contributed by atoms with E-state index < -0.39 is 5.91 Å². The van der Waals surface area contributed by atoms with Crippen LogP contribution in [0, 0.1) is 0 Å². The van der Waals surface area contributed by atoms with Gasteiger partial charge in [0.1, 0.15) is 0 Å². The zero-order valence-corrected chi connectivity index (χ0v) is 17.7. The van der Waals surface area contributed by atoms with Gasteiger partial charge in [-0.3, -0.25) is 9.59 Å². The Hall–Kier alpha value is -2.57. The molecule has 0 saturated heterocycles. The average molecular weight is 406 g/mol. The Morgan fingerprint density at radius 3 is 2.34 bits per heavy atom. The Balaban J connectivity index is 2.11. The first-order chi connectivity index (χ1) is 14.1. The van der Waals surface area contributed by atoms with Gasteiger partial charge in [0.15, 0.2) is 11.5 Å². The van der Waals surface area contributed by atoms with Crippen molar-refractivity contribution in [3.05, 3.63) is 23.8 Å². The molecule has 0 aliphatic rings. The molecule has 0 aliphatic heterocycles. The number of benzene rings is 1. The van der Waals surface area contributed by atoms with Crippen molar-refractivity contribution in [1.29, 1.82) is 0 Å². The summed E-state index contributed by atoms with van der Waals surface area (Å²) in [4.78, 5) is 23.5. The van der Waals surface area contributed by atoms with Crippen LogP contribution in [-0.4, -0.2) is 36.8 Å². The quantitative estimate of drug-likeness (QED) is 0.234.